The van der Waals surface area contributed by atoms with Crippen LogP contribution in [0.15, 0.2) is 30.5 Å². The number of aromatic nitrogens is 2. The molecule has 1 aromatic carbocycles. The standard InChI is InChI=1S/C15H16ClN3O2/c1-9(2)14-17-8-12(16)13(18-14)15(21)19(3)10-5-4-6-11(20)7-10/h4-9,20H,1-3H3. The minimum Gasteiger partial charge on any atom is -0.508 e. The number of amides is 1. The normalized spacial score (nSPS) is 10.7. The fourth-order valence-corrected chi connectivity index (χ4v) is 1.96. The van der Waals surface area contributed by atoms with Crippen LogP contribution in [0.4, 0.5) is 5.69 Å². The Labute approximate surface area is 128 Å². The molecule has 1 heterocycles. The summed E-state index contributed by atoms with van der Waals surface area (Å²) in [7, 11) is 1.60. The molecular weight excluding hydrogens is 290 g/mol. The topological polar surface area (TPSA) is 66.3 Å². The summed E-state index contributed by atoms with van der Waals surface area (Å²) < 4.78 is 0. The molecule has 0 atom stereocenters. The maximum atomic E-state index is 12.5. The zero-order valence-corrected chi connectivity index (χ0v) is 12.8. The van der Waals surface area contributed by atoms with Gasteiger partial charge in [0.25, 0.3) is 5.91 Å². The van der Waals surface area contributed by atoms with Crippen molar-refractivity contribution >= 4 is 23.2 Å². The summed E-state index contributed by atoms with van der Waals surface area (Å²) in [5, 5.41) is 9.70. The lowest BCUT2D eigenvalue weighted by molar-refractivity contribution is 0.0988. The van der Waals surface area contributed by atoms with Gasteiger partial charge in [0.2, 0.25) is 0 Å². The minimum atomic E-state index is -0.352. The molecule has 0 aliphatic heterocycles. The van der Waals surface area contributed by atoms with Crippen molar-refractivity contribution in [3.8, 4) is 5.75 Å². The highest BCUT2D eigenvalue weighted by atomic mass is 35.5. The number of hydrogen-bond donors (Lipinski definition) is 1. The predicted octanol–water partition coefficient (Wildman–Crippen LogP) is 3.24. The Bertz CT molecular complexity index is 674. The molecule has 2 rings (SSSR count). The van der Waals surface area contributed by atoms with Crippen LogP contribution in [-0.2, 0) is 0 Å². The Kier molecular flexibility index (Phi) is 4.43. The molecular formula is C15H16ClN3O2. The Hall–Kier alpha value is -2.14. The first-order valence-corrected chi connectivity index (χ1v) is 6.87. The number of aromatic hydroxyl groups is 1. The van der Waals surface area contributed by atoms with Gasteiger partial charge < -0.3 is 10.0 Å². The largest absolute Gasteiger partial charge is 0.508 e. The molecule has 0 aliphatic rings. The second kappa shape index (κ2) is 6.10. The van der Waals surface area contributed by atoms with Crippen LogP contribution in [0, 0.1) is 0 Å². The summed E-state index contributed by atoms with van der Waals surface area (Å²) in [5.74, 6) is 0.394. The Balaban J connectivity index is 2.37. The summed E-state index contributed by atoms with van der Waals surface area (Å²) in [6.45, 7) is 3.88. The van der Waals surface area contributed by atoms with E-state index in [-0.39, 0.29) is 28.3 Å². The Morgan fingerprint density at radius 1 is 1.38 bits per heavy atom. The molecule has 1 aromatic heterocycles. The molecule has 0 spiro atoms. The number of phenolic OH excluding ortho intramolecular Hbond substituents is 1. The third-order valence-electron chi connectivity index (χ3n) is 3.00. The zero-order valence-electron chi connectivity index (χ0n) is 12.0. The van der Waals surface area contributed by atoms with Gasteiger partial charge in [-0.2, -0.15) is 0 Å². The van der Waals surface area contributed by atoms with Gasteiger partial charge >= 0.3 is 0 Å². The average molecular weight is 306 g/mol. The van der Waals surface area contributed by atoms with E-state index < -0.39 is 0 Å². The highest BCUT2D eigenvalue weighted by molar-refractivity contribution is 6.34. The summed E-state index contributed by atoms with van der Waals surface area (Å²) >= 11 is 6.04. The molecule has 5 nitrogen and oxygen atoms in total. The number of benzene rings is 1. The number of carbonyl (C=O) groups excluding carboxylic acids is 1. The van der Waals surface area contributed by atoms with Gasteiger partial charge in [-0.1, -0.05) is 31.5 Å². The van der Waals surface area contributed by atoms with Crippen LogP contribution < -0.4 is 4.90 Å². The maximum Gasteiger partial charge on any atom is 0.278 e. The van der Waals surface area contributed by atoms with E-state index in [1.807, 2.05) is 13.8 Å². The fraction of sp³-hybridized carbons (Fsp3) is 0.267. The second-order valence-corrected chi connectivity index (χ2v) is 5.37. The summed E-state index contributed by atoms with van der Waals surface area (Å²) in [4.78, 5) is 22.3. The van der Waals surface area contributed by atoms with Crippen molar-refractivity contribution < 1.29 is 9.90 Å². The number of nitrogens with zero attached hydrogens (tertiary/aromatic N) is 3. The lowest BCUT2D eigenvalue weighted by atomic mass is 10.2. The molecule has 1 N–H and O–H groups in total. The van der Waals surface area contributed by atoms with E-state index in [1.54, 1.807) is 19.2 Å². The maximum absolute atomic E-state index is 12.5. The van der Waals surface area contributed by atoms with E-state index in [2.05, 4.69) is 9.97 Å². The van der Waals surface area contributed by atoms with Gasteiger partial charge in [0.15, 0.2) is 5.69 Å². The van der Waals surface area contributed by atoms with Gasteiger partial charge in [0.1, 0.15) is 11.6 Å². The first-order valence-electron chi connectivity index (χ1n) is 6.49. The van der Waals surface area contributed by atoms with Crippen molar-refractivity contribution in [2.24, 2.45) is 0 Å². The van der Waals surface area contributed by atoms with E-state index in [1.165, 1.54) is 23.2 Å². The van der Waals surface area contributed by atoms with E-state index >= 15 is 0 Å². The third-order valence-corrected chi connectivity index (χ3v) is 3.28. The van der Waals surface area contributed by atoms with Crippen molar-refractivity contribution in [2.75, 3.05) is 11.9 Å². The van der Waals surface area contributed by atoms with Crippen molar-refractivity contribution in [1.82, 2.24) is 9.97 Å². The highest BCUT2D eigenvalue weighted by Crippen LogP contribution is 2.23. The summed E-state index contributed by atoms with van der Waals surface area (Å²) in [6.07, 6.45) is 1.44. The summed E-state index contributed by atoms with van der Waals surface area (Å²) in [5.41, 5.74) is 0.710. The molecule has 0 radical (unpaired) electrons. The molecule has 0 saturated carbocycles. The Morgan fingerprint density at radius 2 is 2.10 bits per heavy atom. The number of anilines is 1. The van der Waals surface area contributed by atoms with E-state index in [9.17, 15) is 9.90 Å². The number of halogens is 1. The number of carbonyl (C=O) groups is 1. The van der Waals surface area contributed by atoms with E-state index in [0.717, 1.165) is 0 Å². The monoisotopic (exact) mass is 305 g/mol. The molecule has 21 heavy (non-hydrogen) atoms. The predicted molar refractivity (Wildman–Crippen MR) is 82.0 cm³/mol. The molecule has 1 amide bonds. The van der Waals surface area contributed by atoms with Crippen molar-refractivity contribution in [1.29, 1.82) is 0 Å². The molecule has 0 aliphatic carbocycles. The number of rotatable bonds is 3. The molecule has 0 fully saturated rings. The smallest absolute Gasteiger partial charge is 0.278 e. The molecule has 110 valence electrons. The van der Waals surface area contributed by atoms with Crippen molar-refractivity contribution in [3.05, 3.63) is 47.0 Å². The van der Waals surface area contributed by atoms with Crippen molar-refractivity contribution in [3.63, 3.8) is 0 Å². The van der Waals surface area contributed by atoms with Gasteiger partial charge in [-0.25, -0.2) is 9.97 Å². The lowest BCUT2D eigenvalue weighted by Gasteiger charge is -2.18. The van der Waals surface area contributed by atoms with Gasteiger partial charge in [-0.15, -0.1) is 0 Å². The molecule has 0 bridgehead atoms. The fourth-order valence-electron chi connectivity index (χ4n) is 1.79. The number of phenols is 1. The first-order chi connectivity index (χ1) is 9.90. The highest BCUT2D eigenvalue weighted by Gasteiger charge is 2.20. The van der Waals surface area contributed by atoms with Crippen LogP contribution in [-0.4, -0.2) is 28.0 Å². The van der Waals surface area contributed by atoms with Crippen LogP contribution >= 0.6 is 11.6 Å². The van der Waals surface area contributed by atoms with E-state index in [0.29, 0.717) is 11.5 Å². The SMILES string of the molecule is CC(C)c1ncc(Cl)c(C(=O)N(C)c2cccc(O)c2)n1. The van der Waals surface area contributed by atoms with Gasteiger partial charge in [-0.05, 0) is 12.1 Å². The second-order valence-electron chi connectivity index (χ2n) is 4.96. The quantitative estimate of drug-likeness (QED) is 0.945. The van der Waals surface area contributed by atoms with Gasteiger partial charge in [0, 0.05) is 24.7 Å². The average Bonchev–Trinajstić information content (AvgIpc) is 2.46. The molecule has 0 saturated heterocycles. The number of hydrogen-bond acceptors (Lipinski definition) is 4. The third kappa shape index (κ3) is 3.31. The van der Waals surface area contributed by atoms with Crippen LogP contribution in [0.3, 0.4) is 0 Å². The first kappa shape index (κ1) is 15.3. The van der Waals surface area contributed by atoms with Gasteiger partial charge in [0.05, 0.1) is 11.2 Å². The Morgan fingerprint density at radius 3 is 2.71 bits per heavy atom. The van der Waals surface area contributed by atoms with E-state index in [4.69, 9.17) is 11.6 Å². The van der Waals surface area contributed by atoms with Crippen LogP contribution in [0.2, 0.25) is 5.02 Å². The zero-order chi connectivity index (χ0) is 15.6. The summed E-state index contributed by atoms with van der Waals surface area (Å²) in [6, 6.07) is 6.42. The van der Waals surface area contributed by atoms with Crippen molar-refractivity contribution in [2.45, 2.75) is 19.8 Å². The lowest BCUT2D eigenvalue weighted by Crippen LogP contribution is -2.28. The van der Waals surface area contributed by atoms with Gasteiger partial charge in [-0.3, -0.25) is 4.79 Å². The molecule has 0 unspecified atom stereocenters. The van der Waals surface area contributed by atoms with Crippen LogP contribution in [0.1, 0.15) is 36.1 Å². The van der Waals surface area contributed by atoms with Crippen LogP contribution in [0.5, 0.6) is 5.75 Å². The molecule has 6 heteroatoms. The van der Waals surface area contributed by atoms with Crippen LogP contribution in [0.25, 0.3) is 0 Å². The minimum absolute atomic E-state index is 0.0869. The molecule has 2 aromatic rings.